The van der Waals surface area contributed by atoms with Gasteiger partial charge in [-0.2, -0.15) is 0 Å². The minimum Gasteiger partial charge on any atom is -0.383 e. The Labute approximate surface area is 140 Å². The monoisotopic (exact) mass is 336 g/mol. The summed E-state index contributed by atoms with van der Waals surface area (Å²) < 4.78 is 0. The summed E-state index contributed by atoms with van der Waals surface area (Å²) in [6.45, 7) is 4.50. The Balaban J connectivity index is 1.87. The fraction of sp³-hybridized carbons (Fsp3) is 0.235. The second kappa shape index (κ2) is 7.52. The van der Waals surface area contributed by atoms with E-state index in [0.29, 0.717) is 28.7 Å². The molecule has 1 amide bonds. The molecule has 3 nitrogen and oxygen atoms in total. The molecule has 2 N–H and O–H groups in total. The molecule has 0 aromatic heterocycles. The molecule has 116 valence electrons. The maximum absolute atomic E-state index is 11.9. The van der Waals surface area contributed by atoms with Gasteiger partial charge in [0.05, 0.1) is 10.7 Å². The first-order chi connectivity index (χ1) is 10.5. The Kier molecular flexibility index (Phi) is 5.69. The van der Waals surface area contributed by atoms with Gasteiger partial charge < -0.3 is 10.6 Å². The van der Waals surface area contributed by atoms with Crippen LogP contribution in [-0.2, 0) is 4.79 Å². The van der Waals surface area contributed by atoms with Crippen LogP contribution < -0.4 is 10.6 Å². The number of amides is 1. The molecule has 0 fully saturated rings. The summed E-state index contributed by atoms with van der Waals surface area (Å²) in [5.41, 5.74) is 3.76. The van der Waals surface area contributed by atoms with E-state index < -0.39 is 0 Å². The molecule has 0 bridgehead atoms. The van der Waals surface area contributed by atoms with Crippen molar-refractivity contribution in [3.63, 3.8) is 0 Å². The molecule has 0 aliphatic heterocycles. The number of carbonyl (C=O) groups is 1. The number of anilines is 2. The van der Waals surface area contributed by atoms with Crippen LogP contribution in [0.5, 0.6) is 0 Å². The summed E-state index contributed by atoms with van der Waals surface area (Å²) in [5.74, 6) is -0.0735. The molecule has 0 aliphatic rings. The highest BCUT2D eigenvalue weighted by molar-refractivity contribution is 6.33. The van der Waals surface area contributed by atoms with Crippen LogP contribution in [0.2, 0.25) is 10.0 Å². The predicted octanol–water partition coefficient (Wildman–Crippen LogP) is 5.05. The number of carbonyl (C=O) groups excluding carboxylic acids is 1. The van der Waals surface area contributed by atoms with E-state index in [1.807, 2.05) is 19.9 Å². The van der Waals surface area contributed by atoms with Gasteiger partial charge in [0.25, 0.3) is 0 Å². The number of benzene rings is 2. The first kappa shape index (κ1) is 16.7. The van der Waals surface area contributed by atoms with E-state index >= 15 is 0 Å². The van der Waals surface area contributed by atoms with E-state index in [1.54, 1.807) is 24.3 Å². The average molecular weight is 337 g/mol. The van der Waals surface area contributed by atoms with E-state index in [-0.39, 0.29) is 5.91 Å². The highest BCUT2D eigenvalue weighted by atomic mass is 35.5. The zero-order chi connectivity index (χ0) is 16.1. The zero-order valence-electron chi connectivity index (χ0n) is 12.5. The molecule has 0 heterocycles. The molecule has 0 saturated heterocycles. The van der Waals surface area contributed by atoms with Crippen molar-refractivity contribution >= 4 is 40.5 Å². The van der Waals surface area contributed by atoms with Crippen molar-refractivity contribution in [2.24, 2.45) is 0 Å². The molecule has 0 aliphatic carbocycles. The topological polar surface area (TPSA) is 41.1 Å². The van der Waals surface area contributed by atoms with E-state index in [0.717, 1.165) is 16.8 Å². The fourth-order valence-electron chi connectivity index (χ4n) is 2.23. The van der Waals surface area contributed by atoms with Crippen LogP contribution in [0.1, 0.15) is 17.5 Å². The van der Waals surface area contributed by atoms with Gasteiger partial charge in [-0.15, -0.1) is 0 Å². The van der Waals surface area contributed by atoms with Crippen LogP contribution in [0, 0.1) is 13.8 Å². The van der Waals surface area contributed by atoms with Gasteiger partial charge in [0, 0.05) is 23.7 Å². The number of aryl methyl sites for hydroxylation is 2. The summed E-state index contributed by atoms with van der Waals surface area (Å²) in [5, 5.41) is 7.30. The third kappa shape index (κ3) is 4.65. The fourth-order valence-corrected chi connectivity index (χ4v) is 2.81. The Hall–Kier alpha value is -1.71. The Morgan fingerprint density at radius 3 is 2.59 bits per heavy atom. The lowest BCUT2D eigenvalue weighted by molar-refractivity contribution is -0.115. The molecule has 0 atom stereocenters. The maximum Gasteiger partial charge on any atom is 0.226 e. The van der Waals surface area contributed by atoms with E-state index in [2.05, 4.69) is 16.7 Å². The largest absolute Gasteiger partial charge is 0.383 e. The second-order valence-electron chi connectivity index (χ2n) is 5.17. The number of hydrogen-bond acceptors (Lipinski definition) is 2. The van der Waals surface area contributed by atoms with Crippen LogP contribution in [0.15, 0.2) is 36.4 Å². The molecule has 2 aromatic rings. The molecule has 5 heteroatoms. The van der Waals surface area contributed by atoms with Crippen molar-refractivity contribution in [2.45, 2.75) is 20.3 Å². The number of rotatable bonds is 5. The Morgan fingerprint density at radius 2 is 1.91 bits per heavy atom. The Bertz CT molecular complexity index is 663. The van der Waals surface area contributed by atoms with E-state index in [4.69, 9.17) is 23.2 Å². The smallest absolute Gasteiger partial charge is 0.226 e. The van der Waals surface area contributed by atoms with E-state index in [1.165, 1.54) is 0 Å². The lowest BCUT2D eigenvalue weighted by atomic mass is 10.1. The summed E-state index contributed by atoms with van der Waals surface area (Å²) in [4.78, 5) is 11.9. The molecule has 0 radical (unpaired) electrons. The number of halogens is 2. The van der Waals surface area contributed by atoms with Gasteiger partial charge in [-0.25, -0.2) is 0 Å². The molecule has 0 unspecified atom stereocenters. The quantitative estimate of drug-likeness (QED) is 0.801. The lowest BCUT2D eigenvalue weighted by Crippen LogP contribution is -2.16. The first-order valence-corrected chi connectivity index (χ1v) is 7.77. The third-order valence-corrected chi connectivity index (χ3v) is 3.73. The van der Waals surface area contributed by atoms with Crippen molar-refractivity contribution in [3.05, 3.63) is 57.6 Å². The summed E-state index contributed by atoms with van der Waals surface area (Å²) >= 11 is 12.1. The van der Waals surface area contributed by atoms with Gasteiger partial charge in [-0.3, -0.25) is 4.79 Å². The van der Waals surface area contributed by atoms with Crippen molar-refractivity contribution in [3.8, 4) is 0 Å². The van der Waals surface area contributed by atoms with Gasteiger partial charge in [0.15, 0.2) is 0 Å². The summed E-state index contributed by atoms with van der Waals surface area (Å²) in [7, 11) is 0. The van der Waals surface area contributed by atoms with Crippen LogP contribution in [0.4, 0.5) is 11.4 Å². The maximum atomic E-state index is 11.9. The third-order valence-electron chi connectivity index (χ3n) is 3.19. The molecular weight excluding hydrogens is 319 g/mol. The normalized spacial score (nSPS) is 10.4. The molecular formula is C17H18Cl2N2O. The first-order valence-electron chi connectivity index (χ1n) is 7.02. The average Bonchev–Trinajstić information content (AvgIpc) is 2.41. The van der Waals surface area contributed by atoms with Gasteiger partial charge in [-0.05, 0) is 49.2 Å². The minimum absolute atomic E-state index is 0.0735. The van der Waals surface area contributed by atoms with Gasteiger partial charge in [-0.1, -0.05) is 35.3 Å². The molecule has 2 rings (SSSR count). The predicted molar refractivity (Wildman–Crippen MR) is 94.1 cm³/mol. The van der Waals surface area contributed by atoms with Crippen molar-refractivity contribution < 1.29 is 4.79 Å². The van der Waals surface area contributed by atoms with Gasteiger partial charge in [0.1, 0.15) is 0 Å². The molecule has 2 aromatic carbocycles. The SMILES string of the molecule is Cc1cc(C)c(NCCC(=O)Nc2cccc(Cl)c2)c(Cl)c1. The van der Waals surface area contributed by atoms with Crippen LogP contribution in [0.3, 0.4) is 0 Å². The molecule has 0 saturated carbocycles. The van der Waals surface area contributed by atoms with Crippen LogP contribution >= 0.6 is 23.2 Å². The summed E-state index contributed by atoms with van der Waals surface area (Å²) in [6, 6.07) is 11.0. The molecule has 22 heavy (non-hydrogen) atoms. The van der Waals surface area contributed by atoms with Crippen LogP contribution in [0.25, 0.3) is 0 Å². The standard InChI is InChI=1S/C17H18Cl2N2O/c1-11-8-12(2)17(15(19)9-11)20-7-6-16(22)21-14-5-3-4-13(18)10-14/h3-5,8-10,20H,6-7H2,1-2H3,(H,21,22). The van der Waals surface area contributed by atoms with Gasteiger partial charge >= 0.3 is 0 Å². The van der Waals surface area contributed by atoms with Crippen molar-refractivity contribution in [1.29, 1.82) is 0 Å². The Morgan fingerprint density at radius 1 is 1.14 bits per heavy atom. The zero-order valence-corrected chi connectivity index (χ0v) is 14.1. The van der Waals surface area contributed by atoms with Crippen LogP contribution in [-0.4, -0.2) is 12.5 Å². The molecule has 0 spiro atoms. The highest BCUT2D eigenvalue weighted by Crippen LogP contribution is 2.27. The van der Waals surface area contributed by atoms with E-state index in [9.17, 15) is 4.79 Å². The van der Waals surface area contributed by atoms with Gasteiger partial charge in [0.2, 0.25) is 5.91 Å². The highest BCUT2D eigenvalue weighted by Gasteiger charge is 2.07. The number of nitrogens with one attached hydrogen (secondary N) is 2. The summed E-state index contributed by atoms with van der Waals surface area (Å²) in [6.07, 6.45) is 0.343. The van der Waals surface area contributed by atoms with Crippen molar-refractivity contribution in [2.75, 3.05) is 17.2 Å². The lowest BCUT2D eigenvalue weighted by Gasteiger charge is -2.12. The number of hydrogen-bond donors (Lipinski definition) is 2. The second-order valence-corrected chi connectivity index (χ2v) is 6.02. The van der Waals surface area contributed by atoms with Crippen molar-refractivity contribution in [1.82, 2.24) is 0 Å². The minimum atomic E-state index is -0.0735.